The highest BCUT2D eigenvalue weighted by atomic mass is 19.1. The molecule has 0 bridgehead atoms. The number of nitrogens with one attached hydrogen (secondary N) is 1. The summed E-state index contributed by atoms with van der Waals surface area (Å²) in [5.74, 6) is -0.323. The molecule has 0 atom stereocenters. The molecule has 1 heterocycles. The summed E-state index contributed by atoms with van der Waals surface area (Å²) in [5, 5.41) is 2.72. The number of ether oxygens (including phenoxy) is 1. The van der Waals surface area contributed by atoms with Gasteiger partial charge in [-0.25, -0.2) is 4.39 Å². The zero-order chi connectivity index (χ0) is 23.6. The zero-order valence-corrected chi connectivity index (χ0v) is 18.8. The lowest BCUT2D eigenvalue weighted by molar-refractivity contribution is 0.0996. The lowest BCUT2D eigenvalue weighted by Crippen LogP contribution is -2.30. The summed E-state index contributed by atoms with van der Waals surface area (Å²) in [5.41, 5.74) is 3.60. The number of hydrogen-bond acceptors (Lipinski definition) is 4. The number of carbonyl (C=O) groups excluding carboxylic acids is 2. The molecule has 1 N–H and O–H groups in total. The van der Waals surface area contributed by atoms with Crippen LogP contribution in [0.3, 0.4) is 0 Å². The SMILES string of the molecule is COc1ccc2c(c1)C(CC(=O)c1cccc(NC(=O)c3cccc(F)c3)c1)=NC(C)(C)C2. The predicted octanol–water partition coefficient (Wildman–Crippen LogP) is 5.48. The van der Waals surface area contributed by atoms with Crippen LogP contribution in [-0.4, -0.2) is 30.1 Å². The molecule has 0 saturated heterocycles. The van der Waals surface area contributed by atoms with Gasteiger partial charge >= 0.3 is 0 Å². The van der Waals surface area contributed by atoms with Gasteiger partial charge in [-0.2, -0.15) is 0 Å². The van der Waals surface area contributed by atoms with Gasteiger partial charge in [0.05, 0.1) is 24.8 Å². The summed E-state index contributed by atoms with van der Waals surface area (Å²) in [4.78, 5) is 30.5. The van der Waals surface area contributed by atoms with E-state index in [-0.39, 0.29) is 23.3 Å². The van der Waals surface area contributed by atoms with Crippen molar-refractivity contribution in [3.8, 4) is 5.75 Å². The largest absolute Gasteiger partial charge is 0.497 e. The maximum absolute atomic E-state index is 13.4. The minimum atomic E-state index is -0.486. The maximum Gasteiger partial charge on any atom is 0.255 e. The van der Waals surface area contributed by atoms with E-state index in [0.29, 0.717) is 11.3 Å². The number of anilines is 1. The third kappa shape index (κ3) is 5.17. The van der Waals surface area contributed by atoms with Crippen LogP contribution in [0.15, 0.2) is 71.7 Å². The Morgan fingerprint density at radius 3 is 2.55 bits per heavy atom. The standard InChI is InChI=1S/C27H25FN2O3/c1-27(2)16-19-10-11-22(33-3)14-23(19)24(30-27)15-25(31)17-6-5-9-21(13-17)29-26(32)18-7-4-8-20(28)12-18/h4-14H,15-16H2,1-3H3,(H,29,32). The van der Waals surface area contributed by atoms with Crippen molar-refractivity contribution in [1.82, 2.24) is 0 Å². The number of amides is 1. The summed E-state index contributed by atoms with van der Waals surface area (Å²) < 4.78 is 18.8. The number of rotatable bonds is 6. The number of nitrogens with zero attached hydrogens (tertiary/aromatic N) is 1. The fourth-order valence-electron chi connectivity index (χ4n) is 4.03. The first-order valence-electron chi connectivity index (χ1n) is 10.7. The number of benzene rings is 3. The molecule has 6 heteroatoms. The van der Waals surface area contributed by atoms with Crippen LogP contribution in [0.4, 0.5) is 10.1 Å². The third-order valence-corrected chi connectivity index (χ3v) is 5.55. The van der Waals surface area contributed by atoms with Crippen molar-refractivity contribution >= 4 is 23.1 Å². The Balaban J connectivity index is 1.56. The summed E-state index contributed by atoms with van der Waals surface area (Å²) in [6.45, 7) is 4.10. The van der Waals surface area contributed by atoms with Crippen LogP contribution in [0.2, 0.25) is 0 Å². The van der Waals surface area contributed by atoms with Crippen molar-refractivity contribution in [3.05, 3.63) is 94.8 Å². The van der Waals surface area contributed by atoms with Gasteiger partial charge in [-0.3, -0.25) is 14.6 Å². The second-order valence-corrected chi connectivity index (χ2v) is 8.72. The van der Waals surface area contributed by atoms with Crippen molar-refractivity contribution < 1.29 is 18.7 Å². The lowest BCUT2D eigenvalue weighted by atomic mass is 9.85. The molecule has 1 aliphatic rings. The van der Waals surface area contributed by atoms with Gasteiger partial charge in [0.15, 0.2) is 5.78 Å². The van der Waals surface area contributed by atoms with E-state index >= 15 is 0 Å². The van der Waals surface area contributed by atoms with Crippen LogP contribution < -0.4 is 10.1 Å². The monoisotopic (exact) mass is 444 g/mol. The zero-order valence-electron chi connectivity index (χ0n) is 18.8. The van der Waals surface area contributed by atoms with Gasteiger partial charge in [0.2, 0.25) is 0 Å². The molecule has 3 aromatic rings. The second kappa shape index (κ2) is 8.98. The first-order valence-corrected chi connectivity index (χ1v) is 10.7. The first-order chi connectivity index (χ1) is 15.7. The summed E-state index contributed by atoms with van der Waals surface area (Å²) in [6.07, 6.45) is 0.913. The molecule has 5 nitrogen and oxygen atoms in total. The minimum absolute atomic E-state index is 0.109. The lowest BCUT2D eigenvalue weighted by Gasteiger charge is -2.29. The molecule has 0 radical (unpaired) electrons. The summed E-state index contributed by atoms with van der Waals surface area (Å²) in [7, 11) is 1.61. The number of Topliss-reactive ketones (excluding diaryl/α,β-unsaturated/α-hetero) is 1. The van der Waals surface area contributed by atoms with Crippen LogP contribution in [0, 0.1) is 5.82 Å². The quantitative estimate of drug-likeness (QED) is 0.512. The molecule has 4 rings (SSSR count). The fraction of sp³-hybridized carbons (Fsp3) is 0.222. The normalized spacial score (nSPS) is 14.1. The molecule has 1 aliphatic heterocycles. The Morgan fingerprint density at radius 1 is 1.03 bits per heavy atom. The van der Waals surface area contributed by atoms with Gasteiger partial charge in [-0.15, -0.1) is 0 Å². The predicted molar refractivity (Wildman–Crippen MR) is 127 cm³/mol. The second-order valence-electron chi connectivity index (χ2n) is 8.72. The van der Waals surface area contributed by atoms with E-state index in [1.807, 2.05) is 32.0 Å². The number of ketones is 1. The van der Waals surface area contributed by atoms with Gasteiger partial charge in [-0.1, -0.05) is 24.3 Å². The number of halogens is 1. The summed E-state index contributed by atoms with van der Waals surface area (Å²) in [6, 6.07) is 18.0. The molecular formula is C27H25FN2O3. The third-order valence-electron chi connectivity index (χ3n) is 5.55. The molecule has 0 unspecified atom stereocenters. The molecule has 1 amide bonds. The van der Waals surface area contributed by atoms with E-state index < -0.39 is 11.7 Å². The molecule has 168 valence electrons. The van der Waals surface area contributed by atoms with E-state index in [4.69, 9.17) is 9.73 Å². The number of hydrogen-bond donors (Lipinski definition) is 1. The van der Waals surface area contributed by atoms with Crippen LogP contribution in [0.1, 0.15) is 52.1 Å². The minimum Gasteiger partial charge on any atom is -0.497 e. The molecule has 0 fully saturated rings. The highest BCUT2D eigenvalue weighted by Gasteiger charge is 2.28. The summed E-state index contributed by atoms with van der Waals surface area (Å²) >= 11 is 0. The Kier molecular flexibility index (Phi) is 6.09. The van der Waals surface area contributed by atoms with Gasteiger partial charge in [0.1, 0.15) is 11.6 Å². The van der Waals surface area contributed by atoms with Gasteiger partial charge < -0.3 is 10.1 Å². The highest BCUT2D eigenvalue weighted by Crippen LogP contribution is 2.31. The van der Waals surface area contributed by atoms with E-state index in [9.17, 15) is 14.0 Å². The highest BCUT2D eigenvalue weighted by molar-refractivity contribution is 6.17. The van der Waals surface area contributed by atoms with Crippen molar-refractivity contribution in [2.24, 2.45) is 4.99 Å². The van der Waals surface area contributed by atoms with E-state index in [1.165, 1.54) is 24.3 Å². The van der Waals surface area contributed by atoms with Gasteiger partial charge in [0.25, 0.3) is 5.91 Å². The molecule has 0 spiro atoms. The fourth-order valence-corrected chi connectivity index (χ4v) is 4.03. The molecule has 3 aromatic carbocycles. The Bertz CT molecular complexity index is 1260. The topological polar surface area (TPSA) is 67.8 Å². The number of fused-ring (bicyclic) bond motifs is 1. The number of methoxy groups -OCH3 is 1. The van der Waals surface area contributed by atoms with E-state index in [0.717, 1.165) is 29.0 Å². The van der Waals surface area contributed by atoms with Crippen LogP contribution in [0.25, 0.3) is 0 Å². The average molecular weight is 445 g/mol. The molecule has 0 aromatic heterocycles. The van der Waals surface area contributed by atoms with Crippen molar-refractivity contribution in [2.45, 2.75) is 32.2 Å². The molecule has 33 heavy (non-hydrogen) atoms. The van der Waals surface area contributed by atoms with Crippen LogP contribution in [-0.2, 0) is 6.42 Å². The van der Waals surface area contributed by atoms with Crippen molar-refractivity contribution in [2.75, 3.05) is 12.4 Å². The van der Waals surface area contributed by atoms with Gasteiger partial charge in [-0.05, 0) is 68.3 Å². The maximum atomic E-state index is 13.4. The van der Waals surface area contributed by atoms with E-state index in [2.05, 4.69) is 5.32 Å². The first kappa shape index (κ1) is 22.4. The van der Waals surface area contributed by atoms with Crippen molar-refractivity contribution in [1.29, 1.82) is 0 Å². The number of aliphatic imine (C=N–C) groups is 1. The Labute approximate surface area is 192 Å². The van der Waals surface area contributed by atoms with Gasteiger partial charge in [0, 0.05) is 22.4 Å². The molecule has 0 saturated carbocycles. The molecule has 0 aliphatic carbocycles. The smallest absolute Gasteiger partial charge is 0.255 e. The van der Waals surface area contributed by atoms with E-state index in [1.54, 1.807) is 31.4 Å². The molecular weight excluding hydrogens is 419 g/mol. The van der Waals surface area contributed by atoms with Crippen molar-refractivity contribution in [3.63, 3.8) is 0 Å². The Hall–Kier alpha value is -3.80. The Morgan fingerprint density at radius 2 is 1.79 bits per heavy atom. The van der Waals surface area contributed by atoms with Crippen LogP contribution >= 0.6 is 0 Å². The van der Waals surface area contributed by atoms with Crippen LogP contribution in [0.5, 0.6) is 5.75 Å². The number of carbonyl (C=O) groups is 2. The average Bonchev–Trinajstić information content (AvgIpc) is 2.78.